The second-order valence-electron chi connectivity index (χ2n) is 2.14. The van der Waals surface area contributed by atoms with E-state index in [1.54, 1.807) is 12.1 Å². The third kappa shape index (κ3) is 2.09. The Morgan fingerprint density at radius 1 is 1.73 bits per heavy atom. The van der Waals surface area contributed by atoms with Gasteiger partial charge in [-0.3, -0.25) is 0 Å². The quantitative estimate of drug-likeness (QED) is 0.658. The molecule has 0 saturated heterocycles. The first-order valence-corrected chi connectivity index (χ1v) is 3.13. The van der Waals surface area contributed by atoms with Crippen molar-refractivity contribution in [1.82, 2.24) is 0 Å². The molecule has 0 aliphatic heterocycles. The molecule has 4 heteroatoms. The van der Waals surface area contributed by atoms with E-state index in [2.05, 4.69) is 0 Å². The van der Waals surface area contributed by atoms with Gasteiger partial charge in [-0.2, -0.15) is 0 Å². The summed E-state index contributed by atoms with van der Waals surface area (Å²) in [6.07, 6.45) is 0.0767. The second-order valence-corrected chi connectivity index (χ2v) is 2.14. The van der Waals surface area contributed by atoms with E-state index in [-0.39, 0.29) is 6.42 Å². The molecule has 2 N–H and O–H groups in total. The van der Waals surface area contributed by atoms with Crippen LogP contribution < -0.4 is 0 Å². The van der Waals surface area contributed by atoms with Crippen LogP contribution in [0.5, 0.6) is 0 Å². The molecular weight excluding hydrogens is 148 g/mol. The fraction of sp³-hybridized carbons (Fsp3) is 0.286. The maximum atomic E-state index is 10.1. The van der Waals surface area contributed by atoms with E-state index in [1.165, 1.54) is 6.26 Å². The number of aliphatic hydroxyl groups excluding tert-OH is 1. The summed E-state index contributed by atoms with van der Waals surface area (Å²) in [6, 6.07) is 3.26. The SMILES string of the molecule is O=C(O)[C@H](O)Cc1ccco1. The standard InChI is InChI=1S/C7H8O4/c8-6(7(9)10)4-5-2-1-3-11-5/h1-3,6,8H,4H2,(H,9,10)/t6-/m1/s1. The van der Waals surface area contributed by atoms with Gasteiger partial charge in [0.25, 0.3) is 0 Å². The van der Waals surface area contributed by atoms with E-state index in [0.29, 0.717) is 5.76 Å². The molecule has 0 aliphatic carbocycles. The highest BCUT2D eigenvalue weighted by molar-refractivity contribution is 5.72. The minimum absolute atomic E-state index is 0.0162. The highest BCUT2D eigenvalue weighted by atomic mass is 16.4. The lowest BCUT2D eigenvalue weighted by Crippen LogP contribution is -2.21. The van der Waals surface area contributed by atoms with Gasteiger partial charge in [-0.25, -0.2) is 4.79 Å². The van der Waals surface area contributed by atoms with Crippen LogP contribution in [0.4, 0.5) is 0 Å². The smallest absolute Gasteiger partial charge is 0.332 e. The molecule has 0 spiro atoms. The number of carbonyl (C=O) groups is 1. The number of aliphatic hydroxyl groups is 1. The fourth-order valence-electron chi connectivity index (χ4n) is 0.707. The second kappa shape index (κ2) is 3.21. The fourth-order valence-corrected chi connectivity index (χ4v) is 0.707. The Morgan fingerprint density at radius 3 is 2.91 bits per heavy atom. The van der Waals surface area contributed by atoms with Gasteiger partial charge in [0.1, 0.15) is 5.76 Å². The highest BCUT2D eigenvalue weighted by Crippen LogP contribution is 2.03. The Balaban J connectivity index is 2.50. The van der Waals surface area contributed by atoms with Crippen molar-refractivity contribution in [2.45, 2.75) is 12.5 Å². The van der Waals surface area contributed by atoms with Crippen LogP contribution in [0.15, 0.2) is 22.8 Å². The van der Waals surface area contributed by atoms with Gasteiger partial charge < -0.3 is 14.6 Å². The lowest BCUT2D eigenvalue weighted by Gasteiger charge is -2.00. The molecule has 11 heavy (non-hydrogen) atoms. The summed E-state index contributed by atoms with van der Waals surface area (Å²) >= 11 is 0. The van der Waals surface area contributed by atoms with E-state index in [1.807, 2.05) is 0 Å². The third-order valence-corrected chi connectivity index (χ3v) is 1.26. The van der Waals surface area contributed by atoms with Crippen LogP contribution in [0.2, 0.25) is 0 Å². The third-order valence-electron chi connectivity index (χ3n) is 1.26. The van der Waals surface area contributed by atoms with Gasteiger partial charge in [0.2, 0.25) is 0 Å². The summed E-state index contributed by atoms with van der Waals surface area (Å²) in [6.45, 7) is 0. The summed E-state index contributed by atoms with van der Waals surface area (Å²) in [5, 5.41) is 17.1. The van der Waals surface area contributed by atoms with Gasteiger partial charge in [-0.15, -0.1) is 0 Å². The van der Waals surface area contributed by atoms with Crippen molar-refractivity contribution in [3.8, 4) is 0 Å². The molecular formula is C7H8O4. The number of hydrogen-bond acceptors (Lipinski definition) is 3. The van der Waals surface area contributed by atoms with Gasteiger partial charge in [0.05, 0.1) is 6.26 Å². The van der Waals surface area contributed by atoms with Crippen LogP contribution in [0, 0.1) is 0 Å². The predicted molar refractivity (Wildman–Crippen MR) is 36.1 cm³/mol. The first kappa shape index (κ1) is 7.81. The Labute approximate surface area is 63.1 Å². The van der Waals surface area contributed by atoms with Crippen molar-refractivity contribution in [3.63, 3.8) is 0 Å². The van der Waals surface area contributed by atoms with E-state index >= 15 is 0 Å². The Kier molecular flexibility index (Phi) is 2.28. The summed E-state index contributed by atoms with van der Waals surface area (Å²) in [5.41, 5.74) is 0. The van der Waals surface area contributed by atoms with Gasteiger partial charge >= 0.3 is 5.97 Å². The summed E-state index contributed by atoms with van der Waals surface area (Å²) in [7, 11) is 0. The van der Waals surface area contributed by atoms with Crippen molar-refractivity contribution < 1.29 is 19.4 Å². The summed E-state index contributed by atoms with van der Waals surface area (Å²) < 4.78 is 4.83. The molecule has 0 bridgehead atoms. The van der Waals surface area contributed by atoms with Gasteiger partial charge in [-0.1, -0.05) is 0 Å². The average Bonchev–Trinajstić information content (AvgIpc) is 2.39. The molecule has 0 fully saturated rings. The van der Waals surface area contributed by atoms with Crippen LogP contribution in [0.3, 0.4) is 0 Å². The minimum Gasteiger partial charge on any atom is -0.479 e. The minimum atomic E-state index is -1.37. The van der Waals surface area contributed by atoms with Crippen LogP contribution >= 0.6 is 0 Å². The molecule has 0 amide bonds. The van der Waals surface area contributed by atoms with E-state index in [9.17, 15) is 4.79 Å². The van der Waals surface area contributed by atoms with Crippen molar-refractivity contribution >= 4 is 5.97 Å². The number of carboxylic acid groups (broad SMARTS) is 1. The predicted octanol–water partition coefficient (Wildman–Crippen LogP) is 0.268. The number of rotatable bonds is 3. The molecule has 1 aromatic heterocycles. The first-order chi connectivity index (χ1) is 5.20. The van der Waals surface area contributed by atoms with Crippen molar-refractivity contribution in [3.05, 3.63) is 24.2 Å². The van der Waals surface area contributed by atoms with E-state index in [4.69, 9.17) is 14.6 Å². The van der Waals surface area contributed by atoms with E-state index < -0.39 is 12.1 Å². The normalized spacial score (nSPS) is 12.8. The molecule has 1 heterocycles. The van der Waals surface area contributed by atoms with Gasteiger partial charge in [0.15, 0.2) is 6.10 Å². The Bertz CT molecular complexity index is 227. The van der Waals surface area contributed by atoms with Crippen LogP contribution in [0.1, 0.15) is 5.76 Å². The zero-order valence-corrected chi connectivity index (χ0v) is 5.73. The molecule has 1 aromatic rings. The maximum Gasteiger partial charge on any atom is 0.332 e. The van der Waals surface area contributed by atoms with Gasteiger partial charge in [0, 0.05) is 6.42 Å². The monoisotopic (exact) mass is 156 g/mol. The number of furan rings is 1. The Hall–Kier alpha value is -1.29. The lowest BCUT2D eigenvalue weighted by atomic mass is 10.2. The molecule has 0 aliphatic rings. The van der Waals surface area contributed by atoms with Crippen LogP contribution in [-0.4, -0.2) is 22.3 Å². The van der Waals surface area contributed by atoms with Crippen molar-refractivity contribution in [2.24, 2.45) is 0 Å². The number of hydrogen-bond donors (Lipinski definition) is 2. The van der Waals surface area contributed by atoms with Crippen LogP contribution in [0.25, 0.3) is 0 Å². The van der Waals surface area contributed by atoms with Gasteiger partial charge in [-0.05, 0) is 12.1 Å². The lowest BCUT2D eigenvalue weighted by molar-refractivity contribution is -0.146. The average molecular weight is 156 g/mol. The molecule has 0 saturated carbocycles. The summed E-state index contributed by atoms with van der Waals surface area (Å²) in [5.74, 6) is -0.763. The molecule has 0 unspecified atom stereocenters. The molecule has 60 valence electrons. The molecule has 1 rings (SSSR count). The zero-order valence-electron chi connectivity index (χ0n) is 5.73. The van der Waals surface area contributed by atoms with E-state index in [0.717, 1.165) is 0 Å². The first-order valence-electron chi connectivity index (χ1n) is 3.13. The number of aliphatic carboxylic acids is 1. The number of carboxylic acids is 1. The highest BCUT2D eigenvalue weighted by Gasteiger charge is 2.14. The Morgan fingerprint density at radius 2 is 2.45 bits per heavy atom. The molecule has 1 atom stereocenters. The molecule has 4 nitrogen and oxygen atoms in total. The largest absolute Gasteiger partial charge is 0.479 e. The topological polar surface area (TPSA) is 70.7 Å². The van der Waals surface area contributed by atoms with Crippen molar-refractivity contribution in [1.29, 1.82) is 0 Å². The maximum absolute atomic E-state index is 10.1. The summed E-state index contributed by atoms with van der Waals surface area (Å²) in [4.78, 5) is 10.1. The molecule has 0 aromatic carbocycles. The van der Waals surface area contributed by atoms with Crippen molar-refractivity contribution in [2.75, 3.05) is 0 Å². The van der Waals surface area contributed by atoms with Crippen LogP contribution in [-0.2, 0) is 11.2 Å². The molecule has 0 radical (unpaired) electrons. The zero-order chi connectivity index (χ0) is 8.27.